The van der Waals surface area contributed by atoms with Gasteiger partial charge in [0, 0.05) is 5.56 Å². The summed E-state index contributed by atoms with van der Waals surface area (Å²) in [5.41, 5.74) is -1.05. The molecule has 1 aromatic carbocycles. The highest BCUT2D eigenvalue weighted by atomic mass is 35.5. The van der Waals surface area contributed by atoms with Crippen molar-refractivity contribution in [3.05, 3.63) is 28.8 Å². The molecular formula is C9H4ClF5O3. The molecule has 9 heteroatoms. The van der Waals surface area contributed by atoms with E-state index in [-0.39, 0.29) is 0 Å². The van der Waals surface area contributed by atoms with Crippen molar-refractivity contribution in [1.29, 1.82) is 0 Å². The topological polar surface area (TPSA) is 46.5 Å². The second kappa shape index (κ2) is 4.60. The molecule has 0 aliphatic rings. The third kappa shape index (κ3) is 3.22. The summed E-state index contributed by atoms with van der Waals surface area (Å²) < 4.78 is 65.0. The standard InChI is InChI=1S/C9H4ClF5O3/c10-5-3-4(8(11,12)7(16)17)1-2-6(5)18-9(13,14)15/h1-3H,(H,16,17). The summed E-state index contributed by atoms with van der Waals surface area (Å²) in [4.78, 5) is 10.2. The number of aliphatic carboxylic acids is 1. The van der Waals surface area contributed by atoms with Crippen molar-refractivity contribution in [3.63, 3.8) is 0 Å². The van der Waals surface area contributed by atoms with Crippen LogP contribution >= 0.6 is 11.6 Å². The quantitative estimate of drug-likeness (QED) is 0.868. The molecule has 1 aromatic rings. The Balaban J connectivity index is 3.11. The van der Waals surface area contributed by atoms with Crippen LogP contribution in [-0.2, 0) is 10.7 Å². The van der Waals surface area contributed by atoms with Gasteiger partial charge in [0.05, 0.1) is 5.02 Å². The fraction of sp³-hybridized carbons (Fsp3) is 0.222. The molecule has 0 aliphatic carbocycles. The number of ether oxygens (including phenoxy) is 1. The molecule has 0 saturated carbocycles. The normalized spacial score (nSPS) is 12.3. The molecular weight excluding hydrogens is 287 g/mol. The van der Waals surface area contributed by atoms with E-state index in [1.165, 1.54) is 0 Å². The molecule has 0 spiro atoms. The molecule has 0 aliphatic heterocycles. The molecule has 0 heterocycles. The van der Waals surface area contributed by atoms with Gasteiger partial charge < -0.3 is 9.84 Å². The van der Waals surface area contributed by atoms with Crippen LogP contribution in [0.2, 0.25) is 5.02 Å². The summed E-state index contributed by atoms with van der Waals surface area (Å²) >= 11 is 5.29. The van der Waals surface area contributed by atoms with Crippen molar-refractivity contribution < 1.29 is 36.6 Å². The molecule has 0 radical (unpaired) electrons. The van der Waals surface area contributed by atoms with Crippen LogP contribution in [0.5, 0.6) is 5.75 Å². The van der Waals surface area contributed by atoms with E-state index >= 15 is 0 Å². The minimum atomic E-state index is -5.03. The van der Waals surface area contributed by atoms with Crippen molar-refractivity contribution in [2.45, 2.75) is 12.3 Å². The lowest BCUT2D eigenvalue weighted by Gasteiger charge is -2.14. The lowest BCUT2D eigenvalue weighted by atomic mass is 10.1. The van der Waals surface area contributed by atoms with E-state index in [9.17, 15) is 26.7 Å². The molecule has 0 fully saturated rings. The average Bonchev–Trinajstić information content (AvgIpc) is 2.18. The summed E-state index contributed by atoms with van der Waals surface area (Å²) in [5, 5.41) is 7.46. The maximum Gasteiger partial charge on any atom is 0.573 e. The largest absolute Gasteiger partial charge is 0.573 e. The Hall–Kier alpha value is -1.57. The van der Waals surface area contributed by atoms with Gasteiger partial charge in [0.2, 0.25) is 0 Å². The first-order chi connectivity index (χ1) is 8.04. The molecule has 18 heavy (non-hydrogen) atoms. The van der Waals surface area contributed by atoms with E-state index in [0.29, 0.717) is 18.2 Å². The van der Waals surface area contributed by atoms with Gasteiger partial charge in [0.25, 0.3) is 0 Å². The minimum Gasteiger partial charge on any atom is -0.477 e. The second-order valence-electron chi connectivity index (χ2n) is 3.07. The van der Waals surface area contributed by atoms with Crippen LogP contribution in [0.4, 0.5) is 22.0 Å². The SMILES string of the molecule is O=C(O)C(F)(F)c1ccc(OC(F)(F)F)c(Cl)c1. The van der Waals surface area contributed by atoms with Crippen molar-refractivity contribution in [2.75, 3.05) is 0 Å². The molecule has 0 amide bonds. The summed E-state index contributed by atoms with van der Waals surface area (Å²) in [7, 11) is 0. The van der Waals surface area contributed by atoms with E-state index in [2.05, 4.69) is 4.74 Å². The Morgan fingerprint density at radius 2 is 1.78 bits per heavy atom. The van der Waals surface area contributed by atoms with Gasteiger partial charge in [-0.15, -0.1) is 13.2 Å². The number of carbonyl (C=O) groups is 1. The zero-order valence-corrected chi connectivity index (χ0v) is 9.02. The van der Waals surface area contributed by atoms with Crippen LogP contribution in [0.15, 0.2) is 18.2 Å². The zero-order valence-electron chi connectivity index (χ0n) is 8.26. The van der Waals surface area contributed by atoms with Gasteiger partial charge in [0.15, 0.2) is 0 Å². The molecule has 0 unspecified atom stereocenters. The number of hydrogen-bond acceptors (Lipinski definition) is 2. The Morgan fingerprint density at radius 3 is 2.17 bits per heavy atom. The van der Waals surface area contributed by atoms with Crippen LogP contribution in [0, 0.1) is 0 Å². The van der Waals surface area contributed by atoms with Gasteiger partial charge in [0.1, 0.15) is 5.75 Å². The monoisotopic (exact) mass is 290 g/mol. The van der Waals surface area contributed by atoms with Gasteiger partial charge in [-0.05, 0) is 18.2 Å². The number of benzene rings is 1. The smallest absolute Gasteiger partial charge is 0.477 e. The summed E-state index contributed by atoms with van der Waals surface area (Å²) in [6.07, 6.45) is -5.03. The lowest BCUT2D eigenvalue weighted by Crippen LogP contribution is -2.25. The van der Waals surface area contributed by atoms with Crippen LogP contribution in [0.1, 0.15) is 5.56 Å². The maximum atomic E-state index is 13.0. The molecule has 1 rings (SSSR count). The molecule has 3 nitrogen and oxygen atoms in total. The molecule has 1 N–H and O–H groups in total. The minimum absolute atomic E-state index is 0.400. The fourth-order valence-corrected chi connectivity index (χ4v) is 1.25. The predicted molar refractivity (Wildman–Crippen MR) is 49.7 cm³/mol. The molecule has 100 valence electrons. The third-order valence-electron chi connectivity index (χ3n) is 1.79. The van der Waals surface area contributed by atoms with Gasteiger partial charge in [-0.1, -0.05) is 11.6 Å². The van der Waals surface area contributed by atoms with Crippen molar-refractivity contribution >= 4 is 17.6 Å². The summed E-state index contributed by atoms with van der Waals surface area (Å²) in [6, 6.07) is 1.40. The number of halogens is 6. The first-order valence-corrected chi connectivity index (χ1v) is 4.59. The first kappa shape index (κ1) is 14.5. The van der Waals surface area contributed by atoms with Crippen molar-refractivity contribution in [2.24, 2.45) is 0 Å². The fourth-order valence-electron chi connectivity index (χ4n) is 1.03. The van der Waals surface area contributed by atoms with E-state index < -0.39 is 34.6 Å². The van der Waals surface area contributed by atoms with Crippen LogP contribution in [-0.4, -0.2) is 17.4 Å². The highest BCUT2D eigenvalue weighted by Crippen LogP contribution is 2.36. The Kier molecular flexibility index (Phi) is 3.70. The van der Waals surface area contributed by atoms with Gasteiger partial charge in [-0.3, -0.25) is 0 Å². The molecule has 0 aromatic heterocycles. The van der Waals surface area contributed by atoms with Gasteiger partial charge >= 0.3 is 18.3 Å². The third-order valence-corrected chi connectivity index (χ3v) is 2.08. The number of alkyl halides is 5. The maximum absolute atomic E-state index is 13.0. The van der Waals surface area contributed by atoms with Gasteiger partial charge in [-0.2, -0.15) is 8.78 Å². The van der Waals surface area contributed by atoms with Gasteiger partial charge in [-0.25, -0.2) is 4.79 Å². The van der Waals surface area contributed by atoms with Crippen molar-refractivity contribution in [1.82, 2.24) is 0 Å². The molecule has 0 saturated heterocycles. The highest BCUT2D eigenvalue weighted by molar-refractivity contribution is 6.32. The number of hydrogen-bond donors (Lipinski definition) is 1. The van der Waals surface area contributed by atoms with Crippen LogP contribution in [0.25, 0.3) is 0 Å². The zero-order chi connectivity index (χ0) is 14.1. The number of carboxylic acids is 1. The molecule has 0 bridgehead atoms. The van der Waals surface area contributed by atoms with E-state index in [1.807, 2.05) is 0 Å². The van der Waals surface area contributed by atoms with Crippen molar-refractivity contribution in [3.8, 4) is 5.75 Å². The van der Waals surface area contributed by atoms with Crippen LogP contribution in [0.3, 0.4) is 0 Å². The average molecular weight is 291 g/mol. The Bertz CT molecular complexity index is 472. The number of rotatable bonds is 3. The number of carboxylic acid groups (broad SMARTS) is 1. The lowest BCUT2D eigenvalue weighted by molar-refractivity contribution is -0.274. The Labute approximate surface area is 102 Å². The van der Waals surface area contributed by atoms with E-state index in [0.717, 1.165) is 0 Å². The Morgan fingerprint density at radius 1 is 1.22 bits per heavy atom. The van der Waals surface area contributed by atoms with E-state index in [4.69, 9.17) is 16.7 Å². The molecule has 0 atom stereocenters. The van der Waals surface area contributed by atoms with Crippen LogP contribution < -0.4 is 4.74 Å². The highest BCUT2D eigenvalue weighted by Gasteiger charge is 2.41. The summed E-state index contributed by atoms with van der Waals surface area (Å²) in [6.45, 7) is 0. The predicted octanol–water partition coefficient (Wildman–Crippen LogP) is 3.42. The second-order valence-corrected chi connectivity index (χ2v) is 3.48. The van der Waals surface area contributed by atoms with E-state index in [1.54, 1.807) is 0 Å². The first-order valence-electron chi connectivity index (χ1n) is 4.21. The summed E-state index contributed by atoms with van der Waals surface area (Å²) in [5.74, 6) is -7.59.